The molecule has 0 atom stereocenters. The molecule has 9 heteroatoms. The molecule has 2 aromatic rings. The van der Waals surface area contributed by atoms with E-state index >= 15 is 0 Å². The van der Waals surface area contributed by atoms with Gasteiger partial charge in [-0.25, -0.2) is 0 Å². The summed E-state index contributed by atoms with van der Waals surface area (Å²) in [5.74, 6) is -7.26. The van der Waals surface area contributed by atoms with E-state index < -0.39 is 41.7 Å². The van der Waals surface area contributed by atoms with Crippen molar-refractivity contribution in [2.45, 2.75) is 13.0 Å². The van der Waals surface area contributed by atoms with Crippen molar-refractivity contribution in [2.75, 3.05) is 18.4 Å². The number of nitrogens with zero attached hydrogens (tertiary/aromatic N) is 2. The summed E-state index contributed by atoms with van der Waals surface area (Å²) >= 11 is 1.61. The second kappa shape index (κ2) is 6.15. The summed E-state index contributed by atoms with van der Waals surface area (Å²) in [6.45, 7) is 0.414. The normalized spacial score (nSPS) is 13.8. The number of pyridine rings is 1. The lowest BCUT2D eigenvalue weighted by atomic mass is 10.1. The van der Waals surface area contributed by atoms with Crippen LogP contribution in [-0.2, 0) is 17.8 Å². The molecule has 0 fully saturated rings. The van der Waals surface area contributed by atoms with Crippen LogP contribution >= 0.6 is 11.3 Å². The lowest BCUT2D eigenvalue weighted by Gasteiger charge is -2.27. The van der Waals surface area contributed by atoms with Crippen LogP contribution in [0.15, 0.2) is 11.4 Å². The van der Waals surface area contributed by atoms with Crippen LogP contribution in [0.2, 0.25) is 0 Å². The minimum absolute atomic E-state index is 0.406. The third-order valence-electron chi connectivity index (χ3n) is 3.57. The number of carbonyl (C=O) groups excluding carboxylic acids is 1. The maximum absolute atomic E-state index is 13.5. The fourth-order valence-electron chi connectivity index (χ4n) is 2.38. The second-order valence-corrected chi connectivity index (χ2v) is 5.98. The lowest BCUT2D eigenvalue weighted by Crippen LogP contribution is -2.39. The standard InChI is InChI=1S/C14H11F4N3OS/c15-10-12(11(16)14(18)20-13(10)17)19-5-9(22)21-3-1-8-7(6-21)2-4-23-8/h2,4H,1,3,5-6H2,(H,19,20). The van der Waals surface area contributed by atoms with Crippen LogP contribution in [0.25, 0.3) is 0 Å². The molecule has 122 valence electrons. The Labute approximate surface area is 132 Å². The molecule has 4 nitrogen and oxygen atoms in total. The van der Waals surface area contributed by atoms with Crippen LogP contribution in [0, 0.1) is 23.5 Å². The molecule has 3 heterocycles. The van der Waals surface area contributed by atoms with Crippen molar-refractivity contribution in [3.8, 4) is 0 Å². The number of carbonyl (C=O) groups is 1. The highest BCUT2D eigenvalue weighted by molar-refractivity contribution is 7.10. The molecule has 0 aliphatic carbocycles. The molecule has 0 saturated heterocycles. The molecule has 2 aromatic heterocycles. The summed E-state index contributed by atoms with van der Waals surface area (Å²) in [7, 11) is 0. The molecule has 0 bridgehead atoms. The Morgan fingerprint density at radius 3 is 2.65 bits per heavy atom. The zero-order chi connectivity index (χ0) is 16.6. The summed E-state index contributed by atoms with van der Waals surface area (Å²) < 4.78 is 52.9. The van der Waals surface area contributed by atoms with E-state index in [1.165, 1.54) is 9.78 Å². The quantitative estimate of drug-likeness (QED) is 0.687. The number of amides is 1. The molecule has 0 spiro atoms. The van der Waals surface area contributed by atoms with E-state index in [-0.39, 0.29) is 0 Å². The van der Waals surface area contributed by atoms with Crippen molar-refractivity contribution in [2.24, 2.45) is 0 Å². The Morgan fingerprint density at radius 2 is 1.96 bits per heavy atom. The van der Waals surface area contributed by atoms with Gasteiger partial charge in [-0.15, -0.1) is 11.3 Å². The van der Waals surface area contributed by atoms with Crippen LogP contribution < -0.4 is 5.32 Å². The van der Waals surface area contributed by atoms with E-state index in [2.05, 4.69) is 10.3 Å². The first-order valence-electron chi connectivity index (χ1n) is 6.74. The SMILES string of the molecule is O=C(CNc1c(F)c(F)nc(F)c1F)N1CCc2sccc2C1. The van der Waals surface area contributed by atoms with Gasteiger partial charge in [0.05, 0.1) is 6.54 Å². The highest BCUT2D eigenvalue weighted by atomic mass is 32.1. The topological polar surface area (TPSA) is 45.2 Å². The first-order chi connectivity index (χ1) is 11.0. The van der Waals surface area contributed by atoms with Gasteiger partial charge in [-0.2, -0.15) is 22.5 Å². The average molecular weight is 345 g/mol. The zero-order valence-corrected chi connectivity index (χ0v) is 12.5. The van der Waals surface area contributed by atoms with E-state index in [9.17, 15) is 22.4 Å². The van der Waals surface area contributed by atoms with Crippen LogP contribution in [0.1, 0.15) is 10.4 Å². The van der Waals surface area contributed by atoms with Crippen LogP contribution in [-0.4, -0.2) is 28.9 Å². The Hall–Kier alpha value is -2.16. The maximum atomic E-state index is 13.5. The van der Waals surface area contributed by atoms with Gasteiger partial charge < -0.3 is 10.2 Å². The summed E-state index contributed by atoms with van der Waals surface area (Å²) in [6, 6.07) is 1.92. The highest BCUT2D eigenvalue weighted by Crippen LogP contribution is 2.25. The molecule has 1 N–H and O–H groups in total. The average Bonchev–Trinajstić information content (AvgIpc) is 3.00. The largest absolute Gasteiger partial charge is 0.371 e. The van der Waals surface area contributed by atoms with Gasteiger partial charge in [0.2, 0.25) is 17.5 Å². The third-order valence-corrected chi connectivity index (χ3v) is 4.60. The van der Waals surface area contributed by atoms with Crippen LogP contribution in [0.3, 0.4) is 0 Å². The molecule has 1 aliphatic heterocycles. The van der Waals surface area contributed by atoms with E-state index in [1.807, 2.05) is 11.4 Å². The Kier molecular flexibility index (Phi) is 4.20. The number of aromatic nitrogens is 1. The van der Waals surface area contributed by atoms with Crippen molar-refractivity contribution in [3.05, 3.63) is 45.4 Å². The highest BCUT2D eigenvalue weighted by Gasteiger charge is 2.24. The summed E-state index contributed by atoms with van der Waals surface area (Å²) in [5, 5.41) is 4.05. The zero-order valence-electron chi connectivity index (χ0n) is 11.7. The number of anilines is 1. The minimum atomic E-state index is -1.76. The smallest absolute Gasteiger partial charge is 0.253 e. The summed E-state index contributed by atoms with van der Waals surface area (Å²) in [4.78, 5) is 17.3. The van der Waals surface area contributed by atoms with Crippen LogP contribution in [0.5, 0.6) is 0 Å². The van der Waals surface area contributed by atoms with E-state index in [0.717, 1.165) is 5.56 Å². The molecule has 0 radical (unpaired) electrons. The number of hydrogen-bond acceptors (Lipinski definition) is 4. The number of halogens is 4. The van der Waals surface area contributed by atoms with Crippen molar-refractivity contribution < 1.29 is 22.4 Å². The first-order valence-corrected chi connectivity index (χ1v) is 7.62. The first kappa shape index (κ1) is 15.7. The van der Waals surface area contributed by atoms with Gasteiger partial charge in [0.1, 0.15) is 5.69 Å². The van der Waals surface area contributed by atoms with E-state index in [4.69, 9.17) is 0 Å². The van der Waals surface area contributed by atoms with Gasteiger partial charge in [0, 0.05) is 18.0 Å². The molecule has 1 aliphatic rings. The molecule has 0 aromatic carbocycles. The van der Waals surface area contributed by atoms with Gasteiger partial charge in [-0.1, -0.05) is 0 Å². The number of rotatable bonds is 3. The van der Waals surface area contributed by atoms with Crippen molar-refractivity contribution >= 4 is 22.9 Å². The lowest BCUT2D eigenvalue weighted by molar-refractivity contribution is -0.130. The predicted octanol–water partition coefficient (Wildman–Crippen LogP) is 2.70. The van der Waals surface area contributed by atoms with Gasteiger partial charge in [-0.05, 0) is 23.4 Å². The Balaban J connectivity index is 1.69. The fourth-order valence-corrected chi connectivity index (χ4v) is 3.27. The number of hydrogen-bond donors (Lipinski definition) is 1. The van der Waals surface area contributed by atoms with E-state index in [1.54, 1.807) is 11.3 Å². The molecular formula is C14H11F4N3OS. The minimum Gasteiger partial charge on any atom is -0.371 e. The monoisotopic (exact) mass is 345 g/mol. The Bertz CT molecular complexity index is 738. The Morgan fingerprint density at radius 1 is 1.26 bits per heavy atom. The summed E-state index contributed by atoms with van der Waals surface area (Å²) in [6.07, 6.45) is 0.708. The molecular weight excluding hydrogens is 334 g/mol. The molecule has 0 saturated carbocycles. The van der Waals surface area contributed by atoms with E-state index in [0.29, 0.717) is 19.5 Å². The van der Waals surface area contributed by atoms with Gasteiger partial charge in [-0.3, -0.25) is 4.79 Å². The molecule has 23 heavy (non-hydrogen) atoms. The van der Waals surface area contributed by atoms with Crippen molar-refractivity contribution in [1.82, 2.24) is 9.88 Å². The van der Waals surface area contributed by atoms with Gasteiger partial charge >= 0.3 is 0 Å². The van der Waals surface area contributed by atoms with Crippen molar-refractivity contribution in [3.63, 3.8) is 0 Å². The fraction of sp³-hybridized carbons (Fsp3) is 0.286. The predicted molar refractivity (Wildman–Crippen MR) is 76.0 cm³/mol. The summed E-state index contributed by atoms with van der Waals surface area (Å²) in [5.41, 5.74) is 0.00421. The molecule has 1 amide bonds. The molecule has 3 rings (SSSR count). The molecule has 0 unspecified atom stereocenters. The van der Waals surface area contributed by atoms with Crippen LogP contribution in [0.4, 0.5) is 23.2 Å². The van der Waals surface area contributed by atoms with Crippen molar-refractivity contribution in [1.29, 1.82) is 0 Å². The number of fused-ring (bicyclic) bond motifs is 1. The van der Waals surface area contributed by atoms with Gasteiger partial charge in [0.25, 0.3) is 11.9 Å². The maximum Gasteiger partial charge on any atom is 0.253 e. The number of thiophene rings is 1. The number of nitrogens with one attached hydrogen (secondary N) is 1. The third kappa shape index (κ3) is 3.00. The second-order valence-electron chi connectivity index (χ2n) is 4.98. The van der Waals surface area contributed by atoms with Gasteiger partial charge in [0.15, 0.2) is 0 Å².